The second-order valence-corrected chi connectivity index (χ2v) is 6.18. The van der Waals surface area contributed by atoms with Gasteiger partial charge in [0, 0.05) is 18.9 Å². The SMILES string of the molecule is Cc1ccc(=O)n(CC(=O)Nc2nnc(C3CCCO3)s2)c1. The number of carbonyl (C=O) groups is 1. The summed E-state index contributed by atoms with van der Waals surface area (Å²) >= 11 is 1.31. The molecule has 2 aromatic rings. The zero-order chi connectivity index (χ0) is 15.5. The van der Waals surface area contributed by atoms with E-state index in [1.54, 1.807) is 12.3 Å². The first kappa shape index (κ1) is 14.9. The Labute approximate surface area is 131 Å². The molecule has 0 spiro atoms. The predicted molar refractivity (Wildman–Crippen MR) is 81.9 cm³/mol. The lowest BCUT2D eigenvalue weighted by atomic mass is 10.2. The summed E-state index contributed by atoms with van der Waals surface area (Å²) < 4.78 is 6.90. The first-order chi connectivity index (χ1) is 10.6. The molecular formula is C14H16N4O3S. The third-order valence-corrected chi connectivity index (χ3v) is 4.27. The van der Waals surface area contributed by atoms with Crippen molar-refractivity contribution in [3.63, 3.8) is 0 Å². The molecule has 0 radical (unpaired) electrons. The lowest BCUT2D eigenvalue weighted by molar-refractivity contribution is -0.116. The molecule has 8 heteroatoms. The molecule has 2 aromatic heterocycles. The molecule has 0 bridgehead atoms. The molecule has 1 aliphatic rings. The molecule has 1 saturated heterocycles. The van der Waals surface area contributed by atoms with Gasteiger partial charge in [-0.1, -0.05) is 17.4 Å². The number of ether oxygens (including phenoxy) is 1. The Hall–Kier alpha value is -2.06. The minimum atomic E-state index is -0.303. The lowest BCUT2D eigenvalue weighted by Gasteiger charge is -2.05. The molecule has 1 aliphatic heterocycles. The minimum Gasteiger partial charge on any atom is -0.371 e. The molecule has 3 heterocycles. The Morgan fingerprint density at radius 2 is 2.36 bits per heavy atom. The van der Waals surface area contributed by atoms with E-state index in [9.17, 15) is 9.59 Å². The van der Waals surface area contributed by atoms with Gasteiger partial charge in [0.2, 0.25) is 11.0 Å². The molecule has 7 nitrogen and oxygen atoms in total. The van der Waals surface area contributed by atoms with Crippen LogP contribution in [0.4, 0.5) is 5.13 Å². The smallest absolute Gasteiger partial charge is 0.251 e. The topological polar surface area (TPSA) is 86.1 Å². The van der Waals surface area contributed by atoms with Gasteiger partial charge < -0.3 is 9.30 Å². The van der Waals surface area contributed by atoms with Crippen LogP contribution in [0, 0.1) is 6.92 Å². The highest BCUT2D eigenvalue weighted by molar-refractivity contribution is 7.15. The summed E-state index contributed by atoms with van der Waals surface area (Å²) in [5.41, 5.74) is 0.710. The molecule has 0 aliphatic carbocycles. The van der Waals surface area contributed by atoms with Crippen LogP contribution in [0.5, 0.6) is 0 Å². The van der Waals surface area contributed by atoms with Gasteiger partial charge in [0.25, 0.3) is 5.56 Å². The van der Waals surface area contributed by atoms with Crippen molar-refractivity contribution in [2.45, 2.75) is 32.4 Å². The molecule has 0 saturated carbocycles. The van der Waals surface area contributed by atoms with Gasteiger partial charge in [0.05, 0.1) is 0 Å². The van der Waals surface area contributed by atoms with E-state index in [0.717, 1.165) is 30.0 Å². The van der Waals surface area contributed by atoms with Crippen molar-refractivity contribution >= 4 is 22.4 Å². The van der Waals surface area contributed by atoms with Crippen molar-refractivity contribution in [1.82, 2.24) is 14.8 Å². The minimum absolute atomic E-state index is 0.0115. The standard InChI is InChI=1S/C14H16N4O3S/c1-9-4-5-12(20)18(7-9)8-11(19)15-14-17-16-13(22-14)10-3-2-6-21-10/h4-5,7,10H,2-3,6,8H2,1H3,(H,15,17,19). The van der Waals surface area contributed by atoms with Crippen molar-refractivity contribution in [3.05, 3.63) is 39.3 Å². The van der Waals surface area contributed by atoms with Crippen molar-refractivity contribution in [2.24, 2.45) is 0 Å². The maximum Gasteiger partial charge on any atom is 0.251 e. The molecule has 1 atom stereocenters. The monoisotopic (exact) mass is 320 g/mol. The van der Waals surface area contributed by atoms with E-state index in [2.05, 4.69) is 15.5 Å². The van der Waals surface area contributed by atoms with Crippen molar-refractivity contribution in [2.75, 3.05) is 11.9 Å². The summed E-state index contributed by atoms with van der Waals surface area (Å²) in [5.74, 6) is -0.303. The normalized spacial score (nSPS) is 17.6. The molecule has 0 aromatic carbocycles. The summed E-state index contributed by atoms with van der Waals surface area (Å²) in [4.78, 5) is 23.7. The molecule has 1 fully saturated rings. The number of nitrogens with zero attached hydrogens (tertiary/aromatic N) is 3. The Kier molecular flexibility index (Phi) is 4.30. The molecule has 22 heavy (non-hydrogen) atoms. The fraction of sp³-hybridized carbons (Fsp3) is 0.429. The highest BCUT2D eigenvalue weighted by Gasteiger charge is 2.22. The summed E-state index contributed by atoms with van der Waals surface area (Å²) in [6.07, 6.45) is 3.59. The third-order valence-electron chi connectivity index (χ3n) is 3.34. The van der Waals surface area contributed by atoms with Gasteiger partial charge in [0.15, 0.2) is 0 Å². The number of carbonyl (C=O) groups excluding carboxylic acids is 1. The molecule has 116 valence electrons. The van der Waals surface area contributed by atoms with Crippen molar-refractivity contribution < 1.29 is 9.53 Å². The van der Waals surface area contributed by atoms with Crippen LogP contribution in [-0.2, 0) is 16.1 Å². The van der Waals surface area contributed by atoms with Crippen LogP contribution < -0.4 is 10.9 Å². The average Bonchev–Trinajstić information content (AvgIpc) is 3.13. The molecule has 3 rings (SSSR count). The van der Waals surface area contributed by atoms with Gasteiger partial charge in [-0.05, 0) is 25.3 Å². The van der Waals surface area contributed by atoms with Gasteiger partial charge in [-0.15, -0.1) is 10.2 Å². The van der Waals surface area contributed by atoms with Crippen molar-refractivity contribution in [1.29, 1.82) is 0 Å². The van der Waals surface area contributed by atoms with Crippen LogP contribution in [0.25, 0.3) is 0 Å². The van der Waals surface area contributed by atoms with Crippen LogP contribution in [0.2, 0.25) is 0 Å². The van der Waals surface area contributed by atoms with Crippen LogP contribution in [0.15, 0.2) is 23.1 Å². The summed E-state index contributed by atoms with van der Waals surface area (Å²) in [6, 6.07) is 3.17. The summed E-state index contributed by atoms with van der Waals surface area (Å²) in [6.45, 7) is 2.56. The third kappa shape index (κ3) is 3.40. The van der Waals surface area contributed by atoms with E-state index < -0.39 is 0 Å². The van der Waals surface area contributed by atoms with E-state index >= 15 is 0 Å². The highest BCUT2D eigenvalue weighted by atomic mass is 32.1. The van der Waals surface area contributed by atoms with E-state index in [-0.39, 0.29) is 24.1 Å². The van der Waals surface area contributed by atoms with Gasteiger partial charge in [-0.3, -0.25) is 14.9 Å². The lowest BCUT2D eigenvalue weighted by Crippen LogP contribution is -2.26. The zero-order valence-corrected chi connectivity index (χ0v) is 12.9. The fourth-order valence-electron chi connectivity index (χ4n) is 2.28. The van der Waals surface area contributed by atoms with Gasteiger partial charge >= 0.3 is 0 Å². The van der Waals surface area contributed by atoms with E-state index in [1.165, 1.54) is 22.0 Å². The number of aromatic nitrogens is 3. The predicted octanol–water partition coefficient (Wildman–Crippen LogP) is 1.50. The number of pyridine rings is 1. The Morgan fingerprint density at radius 3 is 3.14 bits per heavy atom. The Morgan fingerprint density at radius 1 is 1.50 bits per heavy atom. The maximum absolute atomic E-state index is 12.0. The average molecular weight is 320 g/mol. The van der Waals surface area contributed by atoms with E-state index in [4.69, 9.17) is 4.74 Å². The Bertz CT molecular complexity index is 734. The van der Waals surface area contributed by atoms with Crippen LogP contribution in [0.3, 0.4) is 0 Å². The second kappa shape index (κ2) is 6.37. The number of hydrogen-bond donors (Lipinski definition) is 1. The first-order valence-electron chi connectivity index (χ1n) is 7.04. The summed E-state index contributed by atoms with van der Waals surface area (Å²) in [5, 5.41) is 11.9. The quantitative estimate of drug-likeness (QED) is 0.922. The first-order valence-corrected chi connectivity index (χ1v) is 7.85. The molecule has 1 unspecified atom stereocenters. The van der Waals surface area contributed by atoms with E-state index in [0.29, 0.717) is 5.13 Å². The number of aryl methyl sites for hydroxylation is 1. The molecule has 1 N–H and O–H groups in total. The number of amides is 1. The van der Waals surface area contributed by atoms with Gasteiger partial charge in [0.1, 0.15) is 17.7 Å². The molecule has 1 amide bonds. The molecular weight excluding hydrogens is 304 g/mol. The van der Waals surface area contributed by atoms with Crippen LogP contribution in [0.1, 0.15) is 29.5 Å². The maximum atomic E-state index is 12.0. The van der Waals surface area contributed by atoms with Gasteiger partial charge in [-0.2, -0.15) is 0 Å². The highest BCUT2D eigenvalue weighted by Crippen LogP contribution is 2.31. The number of rotatable bonds is 4. The number of hydrogen-bond acceptors (Lipinski definition) is 6. The van der Waals surface area contributed by atoms with Crippen molar-refractivity contribution in [3.8, 4) is 0 Å². The Balaban J connectivity index is 1.64. The largest absolute Gasteiger partial charge is 0.371 e. The van der Waals surface area contributed by atoms with Crippen LogP contribution in [-0.4, -0.2) is 27.3 Å². The number of nitrogens with one attached hydrogen (secondary N) is 1. The van der Waals surface area contributed by atoms with Gasteiger partial charge in [-0.25, -0.2) is 0 Å². The summed E-state index contributed by atoms with van der Waals surface area (Å²) in [7, 11) is 0. The second-order valence-electron chi connectivity index (χ2n) is 5.17. The van der Waals surface area contributed by atoms with Crippen LogP contribution >= 0.6 is 11.3 Å². The fourth-order valence-corrected chi connectivity index (χ4v) is 3.12. The number of anilines is 1. The van der Waals surface area contributed by atoms with E-state index in [1.807, 2.05) is 6.92 Å². The zero-order valence-electron chi connectivity index (χ0n) is 12.1.